The van der Waals surface area contributed by atoms with Crippen LogP contribution in [-0.4, -0.2) is 68.6 Å². The Balaban J connectivity index is 0.00000676. The summed E-state index contributed by atoms with van der Waals surface area (Å²) in [5.74, 6) is 0.572. The number of hydrogen-bond donors (Lipinski definition) is 2. The van der Waals surface area contributed by atoms with Gasteiger partial charge in [-0.2, -0.15) is 0 Å². The van der Waals surface area contributed by atoms with E-state index in [9.17, 15) is 4.39 Å². The highest BCUT2D eigenvalue weighted by Gasteiger charge is 2.16. The van der Waals surface area contributed by atoms with Crippen molar-refractivity contribution in [3.05, 3.63) is 35.6 Å². The summed E-state index contributed by atoms with van der Waals surface area (Å²) < 4.78 is 13.2. The van der Waals surface area contributed by atoms with Gasteiger partial charge in [0.25, 0.3) is 0 Å². The van der Waals surface area contributed by atoms with Crippen LogP contribution in [-0.2, 0) is 0 Å². The van der Waals surface area contributed by atoms with Gasteiger partial charge in [0.1, 0.15) is 5.82 Å². The molecule has 0 aliphatic carbocycles. The molecule has 7 heteroatoms. The molecule has 1 unspecified atom stereocenters. The second-order valence-corrected chi connectivity index (χ2v) is 7.34. The maximum Gasteiger partial charge on any atom is 0.191 e. The molecule has 0 heterocycles. The zero-order chi connectivity index (χ0) is 19.7. The minimum atomic E-state index is -0.212. The first-order valence-corrected chi connectivity index (χ1v) is 9.38. The molecular weight excluding hydrogens is 456 g/mol. The number of benzene rings is 1. The van der Waals surface area contributed by atoms with E-state index in [-0.39, 0.29) is 35.8 Å². The lowest BCUT2D eigenvalue weighted by Crippen LogP contribution is -2.46. The van der Waals surface area contributed by atoms with Crippen molar-refractivity contribution >= 4 is 29.9 Å². The Morgan fingerprint density at radius 2 is 1.59 bits per heavy atom. The molecule has 0 aliphatic heterocycles. The predicted molar refractivity (Wildman–Crippen MR) is 125 cm³/mol. The van der Waals surface area contributed by atoms with E-state index in [4.69, 9.17) is 0 Å². The van der Waals surface area contributed by atoms with Crippen molar-refractivity contribution in [2.45, 2.75) is 45.8 Å². The summed E-state index contributed by atoms with van der Waals surface area (Å²) in [7, 11) is 5.82. The van der Waals surface area contributed by atoms with E-state index in [2.05, 4.69) is 53.1 Å². The van der Waals surface area contributed by atoms with E-state index < -0.39 is 0 Å². The quantitative estimate of drug-likeness (QED) is 0.315. The van der Waals surface area contributed by atoms with Crippen LogP contribution in [0.4, 0.5) is 4.39 Å². The Morgan fingerprint density at radius 3 is 2.04 bits per heavy atom. The fourth-order valence-electron chi connectivity index (χ4n) is 3.11. The summed E-state index contributed by atoms with van der Waals surface area (Å²) in [5.41, 5.74) is 1.07. The maximum atomic E-state index is 13.2. The molecule has 0 aliphatic rings. The van der Waals surface area contributed by atoms with Crippen molar-refractivity contribution in [1.82, 2.24) is 20.4 Å². The Labute approximate surface area is 181 Å². The molecule has 1 rings (SSSR count). The van der Waals surface area contributed by atoms with Gasteiger partial charge in [-0.05, 0) is 59.5 Å². The van der Waals surface area contributed by atoms with Crippen LogP contribution in [0, 0.1) is 5.82 Å². The molecule has 1 aromatic carbocycles. The maximum absolute atomic E-state index is 13.2. The number of guanidine groups is 1. The van der Waals surface area contributed by atoms with Crippen LogP contribution in [0.15, 0.2) is 29.3 Å². The first kappa shape index (κ1) is 26.1. The lowest BCUT2D eigenvalue weighted by molar-refractivity contribution is 0.178. The van der Waals surface area contributed by atoms with E-state index in [1.54, 1.807) is 7.05 Å². The van der Waals surface area contributed by atoms with E-state index in [0.717, 1.165) is 24.6 Å². The number of nitrogens with zero attached hydrogens (tertiary/aromatic N) is 3. The minimum absolute atomic E-state index is 0. The summed E-state index contributed by atoms with van der Waals surface area (Å²) in [6, 6.07) is 7.85. The molecule has 1 aromatic rings. The minimum Gasteiger partial charge on any atom is -0.355 e. The van der Waals surface area contributed by atoms with Gasteiger partial charge in [0.2, 0.25) is 0 Å². The van der Waals surface area contributed by atoms with Gasteiger partial charge < -0.3 is 15.5 Å². The first-order chi connectivity index (χ1) is 12.3. The largest absolute Gasteiger partial charge is 0.355 e. The van der Waals surface area contributed by atoms with Crippen molar-refractivity contribution in [3.8, 4) is 0 Å². The highest BCUT2D eigenvalue weighted by Crippen LogP contribution is 2.17. The van der Waals surface area contributed by atoms with Crippen LogP contribution < -0.4 is 10.6 Å². The van der Waals surface area contributed by atoms with Crippen molar-refractivity contribution < 1.29 is 4.39 Å². The normalized spacial score (nSPS) is 13.3. The summed E-state index contributed by atoms with van der Waals surface area (Å²) in [6.45, 7) is 11.4. The highest BCUT2D eigenvalue weighted by atomic mass is 127. The summed E-state index contributed by atoms with van der Waals surface area (Å²) in [5, 5.41) is 6.76. The zero-order valence-corrected chi connectivity index (χ0v) is 20.1. The van der Waals surface area contributed by atoms with Gasteiger partial charge in [0.15, 0.2) is 5.96 Å². The second-order valence-electron chi connectivity index (χ2n) is 7.34. The van der Waals surface area contributed by atoms with Gasteiger partial charge >= 0.3 is 0 Å². The topological polar surface area (TPSA) is 42.9 Å². The summed E-state index contributed by atoms with van der Waals surface area (Å²) in [6.07, 6.45) is 0. The van der Waals surface area contributed by atoms with Gasteiger partial charge in [0.05, 0.1) is 6.04 Å². The highest BCUT2D eigenvalue weighted by molar-refractivity contribution is 14.0. The van der Waals surface area contributed by atoms with Gasteiger partial charge in [-0.15, -0.1) is 24.0 Å². The molecule has 0 amide bonds. The fraction of sp³-hybridized carbons (Fsp3) is 0.650. The van der Waals surface area contributed by atoms with Crippen LogP contribution in [0.1, 0.15) is 39.3 Å². The molecule has 1 atom stereocenters. The Kier molecular flexibility index (Phi) is 12.8. The van der Waals surface area contributed by atoms with E-state index >= 15 is 0 Å². The molecule has 27 heavy (non-hydrogen) atoms. The third-order valence-electron chi connectivity index (χ3n) is 4.55. The lowest BCUT2D eigenvalue weighted by atomic mass is 10.1. The van der Waals surface area contributed by atoms with Gasteiger partial charge in [-0.1, -0.05) is 12.1 Å². The molecule has 0 fully saturated rings. The molecule has 0 saturated heterocycles. The van der Waals surface area contributed by atoms with Crippen molar-refractivity contribution in [1.29, 1.82) is 0 Å². The standard InChI is InChI=1S/C20H36FN5.HI/c1-15(2)26(16(3)4)13-12-23-20(22-5)24-14-19(25(6)7)17-8-10-18(21)11-9-17;/h8-11,15-16,19H,12-14H2,1-7H3,(H2,22,23,24);1H. The smallest absolute Gasteiger partial charge is 0.191 e. The molecule has 0 bridgehead atoms. The van der Waals surface area contributed by atoms with Crippen LogP contribution >= 0.6 is 24.0 Å². The third kappa shape index (κ3) is 9.21. The molecule has 5 nitrogen and oxygen atoms in total. The lowest BCUT2D eigenvalue weighted by Gasteiger charge is -2.31. The Morgan fingerprint density at radius 1 is 1.04 bits per heavy atom. The summed E-state index contributed by atoms with van der Waals surface area (Å²) in [4.78, 5) is 8.87. The van der Waals surface area contributed by atoms with Gasteiger partial charge in [-0.3, -0.25) is 9.89 Å². The number of likely N-dealkylation sites (N-methyl/N-ethyl adjacent to an activating group) is 1. The number of halogens is 2. The first-order valence-electron chi connectivity index (χ1n) is 9.38. The predicted octanol–water partition coefficient (Wildman–Crippen LogP) is 3.33. The van der Waals surface area contributed by atoms with Crippen LogP contribution in [0.5, 0.6) is 0 Å². The average Bonchev–Trinajstić information content (AvgIpc) is 2.57. The Bertz CT molecular complexity index is 538. The number of rotatable bonds is 9. The van der Waals surface area contributed by atoms with E-state index in [1.165, 1.54) is 12.1 Å². The molecule has 2 N–H and O–H groups in total. The van der Waals surface area contributed by atoms with Crippen LogP contribution in [0.3, 0.4) is 0 Å². The second kappa shape index (κ2) is 13.3. The molecule has 156 valence electrons. The average molecular weight is 493 g/mol. The molecule has 0 spiro atoms. The number of aliphatic imine (C=N–C) groups is 1. The molecule has 0 aromatic heterocycles. The van der Waals surface area contributed by atoms with Gasteiger partial charge in [0, 0.05) is 38.8 Å². The van der Waals surface area contributed by atoms with E-state index in [1.807, 2.05) is 26.2 Å². The SMILES string of the molecule is CN=C(NCCN(C(C)C)C(C)C)NCC(c1ccc(F)cc1)N(C)C.I. The zero-order valence-electron chi connectivity index (χ0n) is 17.8. The molecular formula is C20H37FIN5. The van der Waals surface area contributed by atoms with Crippen molar-refractivity contribution in [2.24, 2.45) is 4.99 Å². The van der Waals surface area contributed by atoms with E-state index in [0.29, 0.717) is 18.6 Å². The van der Waals surface area contributed by atoms with Crippen molar-refractivity contribution in [3.63, 3.8) is 0 Å². The third-order valence-corrected chi connectivity index (χ3v) is 4.55. The number of hydrogen-bond acceptors (Lipinski definition) is 3. The van der Waals surface area contributed by atoms with Crippen LogP contribution in [0.25, 0.3) is 0 Å². The monoisotopic (exact) mass is 493 g/mol. The summed E-state index contributed by atoms with van der Waals surface area (Å²) >= 11 is 0. The molecule has 0 saturated carbocycles. The van der Waals surface area contributed by atoms with Crippen molar-refractivity contribution in [2.75, 3.05) is 40.8 Å². The number of nitrogens with one attached hydrogen (secondary N) is 2. The fourth-order valence-corrected chi connectivity index (χ4v) is 3.11. The van der Waals surface area contributed by atoms with Crippen LogP contribution in [0.2, 0.25) is 0 Å². The molecule has 0 radical (unpaired) electrons. The Hall–Kier alpha value is -0.930. The van der Waals surface area contributed by atoms with Gasteiger partial charge in [-0.25, -0.2) is 4.39 Å².